The summed E-state index contributed by atoms with van der Waals surface area (Å²) in [4.78, 5) is 14.1. The topological polar surface area (TPSA) is 64.2 Å². The number of rotatable bonds is 3. The molecule has 5 heteroatoms. The smallest absolute Gasteiger partial charge is 0.223 e. The zero-order valence-corrected chi connectivity index (χ0v) is 12.0. The summed E-state index contributed by atoms with van der Waals surface area (Å²) in [5, 5.41) is 4.37. The Labute approximate surface area is 114 Å². The van der Waals surface area contributed by atoms with E-state index in [0.29, 0.717) is 19.0 Å². The third-order valence-corrected chi connectivity index (χ3v) is 3.82. The summed E-state index contributed by atoms with van der Waals surface area (Å²) in [5.74, 6) is 0.206. The minimum absolute atomic E-state index is 0.00351. The number of nitrogens with zero attached hydrogens (tertiary/aromatic N) is 3. The lowest BCUT2D eigenvalue weighted by atomic mass is 9.99. The predicted molar refractivity (Wildman–Crippen MR) is 74.6 cm³/mol. The number of carbonyl (C=O) groups excluding carboxylic acids is 1. The van der Waals surface area contributed by atoms with E-state index in [1.807, 2.05) is 28.9 Å². The molecule has 0 spiro atoms. The van der Waals surface area contributed by atoms with Gasteiger partial charge in [-0.15, -0.1) is 0 Å². The molecule has 19 heavy (non-hydrogen) atoms. The summed E-state index contributed by atoms with van der Waals surface area (Å²) in [7, 11) is 0. The summed E-state index contributed by atoms with van der Waals surface area (Å²) < 4.78 is 1.92. The number of likely N-dealkylation sites (tertiary alicyclic amines) is 1. The Hall–Kier alpha value is -1.36. The van der Waals surface area contributed by atoms with Gasteiger partial charge in [-0.3, -0.25) is 9.48 Å². The Morgan fingerprint density at radius 1 is 1.53 bits per heavy atom. The van der Waals surface area contributed by atoms with Crippen LogP contribution in [0.3, 0.4) is 0 Å². The highest BCUT2D eigenvalue weighted by Crippen LogP contribution is 2.30. The molecule has 1 saturated heterocycles. The fraction of sp³-hybridized carbons (Fsp3) is 0.714. The van der Waals surface area contributed by atoms with Crippen molar-refractivity contribution >= 4 is 5.91 Å². The molecule has 1 fully saturated rings. The monoisotopic (exact) mass is 264 g/mol. The van der Waals surface area contributed by atoms with Crippen molar-refractivity contribution < 1.29 is 4.79 Å². The molecule has 0 bridgehead atoms. The second-order valence-corrected chi connectivity index (χ2v) is 5.53. The van der Waals surface area contributed by atoms with Crippen LogP contribution in [0, 0.1) is 0 Å². The number of nitrogens with two attached hydrogens (primary N) is 1. The van der Waals surface area contributed by atoms with Gasteiger partial charge in [0.2, 0.25) is 5.91 Å². The van der Waals surface area contributed by atoms with Crippen molar-refractivity contribution in [2.24, 2.45) is 5.73 Å². The summed E-state index contributed by atoms with van der Waals surface area (Å²) >= 11 is 0. The molecule has 2 unspecified atom stereocenters. The fourth-order valence-electron chi connectivity index (χ4n) is 2.76. The number of likely N-dealkylation sites (N-methyl/N-ethyl adjacent to an activating group) is 1. The Morgan fingerprint density at radius 2 is 2.26 bits per heavy atom. The van der Waals surface area contributed by atoms with Gasteiger partial charge in [-0.25, -0.2) is 0 Å². The van der Waals surface area contributed by atoms with Crippen molar-refractivity contribution in [3.05, 3.63) is 18.0 Å². The van der Waals surface area contributed by atoms with Crippen molar-refractivity contribution in [3.63, 3.8) is 0 Å². The molecule has 1 aliphatic heterocycles. The summed E-state index contributed by atoms with van der Waals surface area (Å²) in [6.45, 7) is 6.89. The quantitative estimate of drug-likeness (QED) is 0.906. The average molecular weight is 264 g/mol. The van der Waals surface area contributed by atoms with Gasteiger partial charge < -0.3 is 10.6 Å². The van der Waals surface area contributed by atoms with Crippen LogP contribution in [0.15, 0.2) is 12.4 Å². The molecule has 1 aliphatic rings. The normalized spacial score (nSPS) is 24.9. The standard InChI is InChI=1S/C14H24N4O/c1-4-17-13(19)7-5-6-12(15)14(17)11-8-16-18(9-11)10(2)3/h8-10,12,14H,4-7,15H2,1-3H3. The molecule has 1 aromatic heterocycles. The summed E-state index contributed by atoms with van der Waals surface area (Å²) in [6, 6.07) is 0.283. The van der Waals surface area contributed by atoms with Crippen LogP contribution in [0.1, 0.15) is 57.7 Å². The molecule has 2 N–H and O–H groups in total. The molecule has 2 rings (SSSR count). The van der Waals surface area contributed by atoms with E-state index in [1.165, 1.54) is 0 Å². The van der Waals surface area contributed by atoms with E-state index in [1.54, 1.807) is 0 Å². The van der Waals surface area contributed by atoms with Crippen LogP contribution in [0.25, 0.3) is 0 Å². The lowest BCUT2D eigenvalue weighted by Gasteiger charge is -2.32. The van der Waals surface area contributed by atoms with E-state index < -0.39 is 0 Å². The van der Waals surface area contributed by atoms with Gasteiger partial charge >= 0.3 is 0 Å². The molecule has 0 aliphatic carbocycles. The molecule has 1 aromatic rings. The highest BCUT2D eigenvalue weighted by molar-refractivity contribution is 5.77. The zero-order chi connectivity index (χ0) is 14.0. The van der Waals surface area contributed by atoms with Gasteiger partial charge in [0, 0.05) is 36.8 Å². The minimum atomic E-state index is -0.0347. The van der Waals surface area contributed by atoms with E-state index in [9.17, 15) is 4.79 Å². The van der Waals surface area contributed by atoms with Crippen LogP contribution in [0.2, 0.25) is 0 Å². The SMILES string of the molecule is CCN1C(=O)CCCC(N)C1c1cnn(C(C)C)c1. The van der Waals surface area contributed by atoms with Gasteiger partial charge in [0.1, 0.15) is 0 Å². The van der Waals surface area contributed by atoms with Crippen LogP contribution in [0.4, 0.5) is 0 Å². The van der Waals surface area contributed by atoms with Gasteiger partial charge in [-0.2, -0.15) is 5.10 Å². The molecular weight excluding hydrogens is 240 g/mol. The van der Waals surface area contributed by atoms with E-state index in [2.05, 4.69) is 18.9 Å². The zero-order valence-electron chi connectivity index (χ0n) is 12.0. The first kappa shape index (κ1) is 14.1. The van der Waals surface area contributed by atoms with Crippen molar-refractivity contribution in [1.29, 1.82) is 0 Å². The molecule has 0 saturated carbocycles. The fourth-order valence-corrected chi connectivity index (χ4v) is 2.76. The number of hydrogen-bond acceptors (Lipinski definition) is 3. The van der Waals surface area contributed by atoms with Crippen LogP contribution < -0.4 is 5.73 Å². The predicted octanol–water partition coefficient (Wildman–Crippen LogP) is 1.86. The van der Waals surface area contributed by atoms with Crippen LogP contribution in [0.5, 0.6) is 0 Å². The maximum atomic E-state index is 12.2. The van der Waals surface area contributed by atoms with Gasteiger partial charge in [0.05, 0.1) is 12.2 Å². The third-order valence-electron chi connectivity index (χ3n) is 3.82. The van der Waals surface area contributed by atoms with Crippen molar-refractivity contribution in [2.45, 2.75) is 58.2 Å². The maximum Gasteiger partial charge on any atom is 0.223 e. The second kappa shape index (κ2) is 5.74. The molecule has 1 amide bonds. The molecule has 2 heterocycles. The van der Waals surface area contributed by atoms with Crippen LogP contribution in [-0.2, 0) is 4.79 Å². The van der Waals surface area contributed by atoms with Crippen molar-refractivity contribution in [2.75, 3.05) is 6.54 Å². The van der Waals surface area contributed by atoms with Gasteiger partial charge in [-0.05, 0) is 33.6 Å². The Balaban J connectivity index is 2.32. The highest BCUT2D eigenvalue weighted by Gasteiger charge is 2.32. The number of hydrogen-bond donors (Lipinski definition) is 1. The third kappa shape index (κ3) is 2.81. The molecule has 106 valence electrons. The lowest BCUT2D eigenvalue weighted by Crippen LogP contribution is -2.41. The highest BCUT2D eigenvalue weighted by atomic mass is 16.2. The first-order chi connectivity index (χ1) is 9.04. The van der Waals surface area contributed by atoms with Crippen LogP contribution >= 0.6 is 0 Å². The molecule has 5 nitrogen and oxygen atoms in total. The first-order valence-electron chi connectivity index (χ1n) is 7.13. The molecular formula is C14H24N4O. The largest absolute Gasteiger partial charge is 0.334 e. The minimum Gasteiger partial charge on any atom is -0.334 e. The Bertz CT molecular complexity index is 440. The van der Waals surface area contributed by atoms with Gasteiger partial charge in [0.25, 0.3) is 0 Å². The summed E-state index contributed by atoms with van der Waals surface area (Å²) in [5.41, 5.74) is 7.35. The maximum absolute atomic E-state index is 12.2. The number of carbonyl (C=O) groups is 1. The van der Waals surface area contributed by atoms with Gasteiger partial charge in [0.15, 0.2) is 0 Å². The number of aromatic nitrogens is 2. The first-order valence-corrected chi connectivity index (χ1v) is 7.13. The Kier molecular flexibility index (Phi) is 4.24. The average Bonchev–Trinajstić information content (AvgIpc) is 2.79. The molecule has 0 aromatic carbocycles. The van der Waals surface area contributed by atoms with Crippen molar-refractivity contribution in [3.8, 4) is 0 Å². The lowest BCUT2D eigenvalue weighted by molar-refractivity contribution is -0.133. The van der Waals surface area contributed by atoms with Crippen LogP contribution in [-0.4, -0.2) is 33.2 Å². The van der Waals surface area contributed by atoms with Crippen molar-refractivity contribution in [1.82, 2.24) is 14.7 Å². The Morgan fingerprint density at radius 3 is 2.84 bits per heavy atom. The van der Waals surface area contributed by atoms with E-state index >= 15 is 0 Å². The van der Waals surface area contributed by atoms with Gasteiger partial charge in [-0.1, -0.05) is 0 Å². The molecule has 2 atom stereocenters. The summed E-state index contributed by atoms with van der Waals surface area (Å²) in [6.07, 6.45) is 6.25. The van der Waals surface area contributed by atoms with E-state index in [4.69, 9.17) is 5.73 Å². The number of amides is 1. The second-order valence-electron chi connectivity index (χ2n) is 5.53. The van der Waals surface area contributed by atoms with E-state index in [-0.39, 0.29) is 18.0 Å². The molecule has 0 radical (unpaired) electrons. The van der Waals surface area contributed by atoms with E-state index in [0.717, 1.165) is 18.4 Å².